The normalized spacial score (nSPS) is 19.1. The van der Waals surface area contributed by atoms with E-state index in [-0.39, 0.29) is 17.9 Å². The Morgan fingerprint density at radius 3 is 2.49 bits per heavy atom. The number of hydrogen-bond donors (Lipinski definition) is 3. The molecule has 8 heteroatoms. The van der Waals surface area contributed by atoms with Crippen molar-refractivity contribution in [1.29, 1.82) is 0 Å². The Morgan fingerprint density at radius 1 is 1.03 bits per heavy atom. The molecule has 0 bridgehead atoms. The van der Waals surface area contributed by atoms with Gasteiger partial charge < -0.3 is 15.4 Å². The van der Waals surface area contributed by atoms with Gasteiger partial charge in [0.1, 0.15) is 17.5 Å². The maximum atomic E-state index is 13.1. The predicted molar refractivity (Wildman–Crippen MR) is 145 cm³/mol. The molecular formula is C27H35N3O3S2. The summed E-state index contributed by atoms with van der Waals surface area (Å²) in [6, 6.07) is 16.6. The van der Waals surface area contributed by atoms with Crippen LogP contribution in [-0.2, 0) is 16.1 Å². The molecule has 3 N–H and O–H groups in total. The quantitative estimate of drug-likeness (QED) is 0.409. The van der Waals surface area contributed by atoms with E-state index in [2.05, 4.69) is 16.0 Å². The summed E-state index contributed by atoms with van der Waals surface area (Å²) in [4.78, 5) is 25.8. The van der Waals surface area contributed by atoms with Crippen LogP contribution >= 0.6 is 23.5 Å². The van der Waals surface area contributed by atoms with E-state index < -0.39 is 6.04 Å². The third-order valence-electron chi connectivity index (χ3n) is 6.40. The van der Waals surface area contributed by atoms with Crippen molar-refractivity contribution >= 4 is 35.3 Å². The van der Waals surface area contributed by atoms with Gasteiger partial charge in [0, 0.05) is 23.9 Å². The smallest absolute Gasteiger partial charge is 0.243 e. The van der Waals surface area contributed by atoms with E-state index in [9.17, 15) is 9.59 Å². The van der Waals surface area contributed by atoms with Crippen molar-refractivity contribution in [2.45, 2.75) is 50.7 Å². The highest BCUT2D eigenvalue weighted by molar-refractivity contribution is 7.99. The van der Waals surface area contributed by atoms with Gasteiger partial charge in [0.15, 0.2) is 0 Å². The summed E-state index contributed by atoms with van der Waals surface area (Å²) in [7, 11) is 0. The molecule has 2 atom stereocenters. The van der Waals surface area contributed by atoms with Crippen LogP contribution in [0.2, 0.25) is 0 Å². The number of para-hydroxylation sites is 1. The Labute approximate surface area is 216 Å². The lowest BCUT2D eigenvalue weighted by atomic mass is 9.91. The van der Waals surface area contributed by atoms with Crippen molar-refractivity contribution in [1.82, 2.24) is 16.0 Å². The van der Waals surface area contributed by atoms with E-state index >= 15 is 0 Å². The van der Waals surface area contributed by atoms with Gasteiger partial charge in [-0.25, -0.2) is 0 Å². The Hall–Kier alpha value is -2.16. The Balaban J connectivity index is 1.28. The van der Waals surface area contributed by atoms with Gasteiger partial charge in [-0.05, 0) is 54.3 Å². The molecule has 2 aliphatic rings. The lowest BCUT2D eigenvalue weighted by Crippen LogP contribution is -2.53. The van der Waals surface area contributed by atoms with Crippen LogP contribution < -0.4 is 20.7 Å². The molecule has 1 heterocycles. The average molecular weight is 514 g/mol. The number of rotatable bonds is 11. The molecule has 0 spiro atoms. The van der Waals surface area contributed by atoms with Crippen molar-refractivity contribution in [3.63, 3.8) is 0 Å². The van der Waals surface area contributed by atoms with Crippen molar-refractivity contribution in [2.24, 2.45) is 5.92 Å². The highest BCUT2D eigenvalue weighted by Crippen LogP contribution is 2.27. The summed E-state index contributed by atoms with van der Waals surface area (Å²) in [5, 5.41) is 9.21. The number of thioether (sulfide) groups is 2. The fourth-order valence-corrected chi connectivity index (χ4v) is 6.55. The molecule has 188 valence electrons. The Morgan fingerprint density at radius 2 is 1.77 bits per heavy atom. The molecule has 6 nitrogen and oxygen atoms in total. The average Bonchev–Trinajstić information content (AvgIpc) is 3.44. The largest absolute Gasteiger partial charge is 0.457 e. The van der Waals surface area contributed by atoms with Gasteiger partial charge in [0.2, 0.25) is 11.8 Å². The summed E-state index contributed by atoms with van der Waals surface area (Å²) >= 11 is 3.49. The predicted octanol–water partition coefficient (Wildman–Crippen LogP) is 4.56. The summed E-state index contributed by atoms with van der Waals surface area (Å²) in [5.41, 5.74) is 0.979. The van der Waals surface area contributed by atoms with Crippen LogP contribution in [0.5, 0.6) is 11.5 Å². The maximum Gasteiger partial charge on any atom is 0.243 e. The molecule has 4 rings (SSSR count). The molecule has 2 aromatic carbocycles. The topological polar surface area (TPSA) is 79.5 Å². The van der Waals surface area contributed by atoms with Gasteiger partial charge in [0.05, 0.1) is 6.04 Å². The van der Waals surface area contributed by atoms with E-state index in [1.54, 1.807) is 23.5 Å². The van der Waals surface area contributed by atoms with Gasteiger partial charge in [-0.2, -0.15) is 11.8 Å². The zero-order chi connectivity index (χ0) is 24.3. The van der Waals surface area contributed by atoms with Crippen LogP contribution in [0.3, 0.4) is 0 Å². The number of carbonyl (C=O) groups excluding carboxylic acids is 2. The molecule has 1 aliphatic carbocycles. The van der Waals surface area contributed by atoms with Crippen LogP contribution in [0.25, 0.3) is 0 Å². The summed E-state index contributed by atoms with van der Waals surface area (Å²) in [5.74, 6) is 5.21. The SMILES string of the molecule is O=C(NCc1ccc(Oc2ccccc2)cc1)[C@H](CSCC1CCCCC1)NC(=O)[C@H]1CSCN1. The lowest BCUT2D eigenvalue weighted by Gasteiger charge is -2.23. The Bertz CT molecular complexity index is 930. The molecule has 0 aromatic heterocycles. The zero-order valence-electron chi connectivity index (χ0n) is 20.0. The van der Waals surface area contributed by atoms with Crippen LogP contribution in [-0.4, -0.2) is 47.0 Å². The highest BCUT2D eigenvalue weighted by Gasteiger charge is 2.28. The first-order valence-electron chi connectivity index (χ1n) is 12.5. The maximum absolute atomic E-state index is 13.1. The molecule has 35 heavy (non-hydrogen) atoms. The van der Waals surface area contributed by atoms with Crippen molar-refractivity contribution < 1.29 is 14.3 Å². The molecular weight excluding hydrogens is 478 g/mol. The van der Waals surface area contributed by atoms with Gasteiger partial charge >= 0.3 is 0 Å². The minimum atomic E-state index is -0.538. The molecule has 1 saturated heterocycles. The van der Waals surface area contributed by atoms with Crippen LogP contribution in [0, 0.1) is 5.92 Å². The lowest BCUT2D eigenvalue weighted by molar-refractivity contribution is -0.129. The fraction of sp³-hybridized carbons (Fsp3) is 0.481. The van der Waals surface area contributed by atoms with Gasteiger partial charge in [-0.3, -0.25) is 14.9 Å². The first-order valence-corrected chi connectivity index (χ1v) is 14.8. The van der Waals surface area contributed by atoms with E-state index in [1.165, 1.54) is 32.1 Å². The second-order valence-electron chi connectivity index (χ2n) is 9.15. The number of nitrogens with one attached hydrogen (secondary N) is 3. The van der Waals surface area contributed by atoms with Crippen LogP contribution in [0.15, 0.2) is 54.6 Å². The third kappa shape index (κ3) is 8.47. The zero-order valence-corrected chi connectivity index (χ0v) is 21.7. The molecule has 2 aromatic rings. The highest BCUT2D eigenvalue weighted by atomic mass is 32.2. The fourth-order valence-electron chi connectivity index (χ4n) is 4.34. The van der Waals surface area contributed by atoms with E-state index in [1.807, 2.05) is 54.6 Å². The van der Waals surface area contributed by atoms with Gasteiger partial charge in [0.25, 0.3) is 0 Å². The molecule has 2 fully saturated rings. The number of benzene rings is 2. The molecule has 2 amide bonds. The Kier molecular flexibility index (Phi) is 10.2. The van der Waals surface area contributed by atoms with E-state index in [4.69, 9.17) is 4.74 Å². The van der Waals surface area contributed by atoms with E-state index in [0.717, 1.165) is 40.4 Å². The molecule has 1 saturated carbocycles. The van der Waals surface area contributed by atoms with Crippen molar-refractivity contribution in [3.05, 3.63) is 60.2 Å². The monoisotopic (exact) mass is 513 g/mol. The van der Waals surface area contributed by atoms with Crippen LogP contribution in [0.1, 0.15) is 37.7 Å². The first-order chi connectivity index (χ1) is 17.2. The van der Waals surface area contributed by atoms with E-state index in [0.29, 0.717) is 12.3 Å². The minimum absolute atomic E-state index is 0.0872. The number of carbonyl (C=O) groups is 2. The van der Waals surface area contributed by atoms with Crippen molar-refractivity contribution in [3.8, 4) is 11.5 Å². The third-order valence-corrected chi connectivity index (χ3v) is 8.61. The van der Waals surface area contributed by atoms with Crippen molar-refractivity contribution in [2.75, 3.05) is 23.1 Å². The molecule has 0 radical (unpaired) electrons. The van der Waals surface area contributed by atoms with Crippen LogP contribution in [0.4, 0.5) is 0 Å². The number of hydrogen-bond acceptors (Lipinski definition) is 6. The number of ether oxygens (including phenoxy) is 1. The second-order valence-corrected chi connectivity index (χ2v) is 11.3. The number of amides is 2. The second kappa shape index (κ2) is 13.8. The molecule has 1 aliphatic heterocycles. The van der Waals surface area contributed by atoms with Gasteiger partial charge in [-0.15, -0.1) is 11.8 Å². The summed E-state index contributed by atoms with van der Waals surface area (Å²) < 4.78 is 5.84. The first kappa shape index (κ1) is 25.9. The minimum Gasteiger partial charge on any atom is -0.457 e. The summed E-state index contributed by atoms with van der Waals surface area (Å²) in [6.45, 7) is 0.404. The molecule has 0 unspecified atom stereocenters. The van der Waals surface area contributed by atoms with Gasteiger partial charge in [-0.1, -0.05) is 49.6 Å². The standard InChI is InChI=1S/C27H35N3O3S2/c31-26(28-15-20-11-13-23(14-12-20)33-22-9-5-2-6-10-22)25(30-27(32)24-17-35-19-29-24)18-34-16-21-7-3-1-4-8-21/h2,5-6,9-14,21,24-25,29H,1,3-4,7-8,15-19H2,(H,28,31)(H,30,32)/t24-,25+/m1/s1. The summed E-state index contributed by atoms with van der Waals surface area (Å²) in [6.07, 6.45) is 6.53.